The van der Waals surface area contributed by atoms with Crippen LogP contribution in [0.3, 0.4) is 0 Å². The highest BCUT2D eigenvalue weighted by Crippen LogP contribution is 2.13. The van der Waals surface area contributed by atoms with Gasteiger partial charge < -0.3 is 14.2 Å². The average molecular weight is 623 g/mol. The Balaban J connectivity index is 3.97. The molecule has 0 rings (SSSR count). The van der Waals surface area contributed by atoms with E-state index in [1.54, 1.807) is 0 Å². The number of allylic oxidation sites excluding steroid dienone is 2. The summed E-state index contributed by atoms with van der Waals surface area (Å²) in [5.74, 6) is -0.413. The van der Waals surface area contributed by atoms with Crippen LogP contribution in [0.5, 0.6) is 0 Å². The van der Waals surface area contributed by atoms with Gasteiger partial charge in [-0.25, -0.2) is 0 Å². The van der Waals surface area contributed by atoms with Gasteiger partial charge in [-0.1, -0.05) is 155 Å². The fraction of sp³-hybridized carbons (Fsp3) is 0.897. The molecule has 0 N–H and O–H groups in total. The molecule has 0 spiro atoms. The lowest BCUT2D eigenvalue weighted by Crippen LogP contribution is -2.30. The summed E-state index contributed by atoms with van der Waals surface area (Å²) in [5.41, 5.74) is 0. The first-order chi connectivity index (χ1) is 21.6. The number of rotatable bonds is 35. The van der Waals surface area contributed by atoms with Crippen LogP contribution in [0.15, 0.2) is 12.2 Å². The quantitative estimate of drug-likeness (QED) is 0.0400. The normalized spacial score (nSPS) is 12.2. The molecule has 0 aromatic heterocycles. The van der Waals surface area contributed by atoms with E-state index in [0.29, 0.717) is 26.1 Å². The molecule has 5 heteroatoms. The minimum atomic E-state index is -0.521. The number of carbonyl (C=O) groups is 2. The molecular weight excluding hydrogens is 548 g/mol. The van der Waals surface area contributed by atoms with Crippen molar-refractivity contribution in [3.05, 3.63) is 12.2 Å². The van der Waals surface area contributed by atoms with Crippen LogP contribution in [-0.4, -0.2) is 37.9 Å². The summed E-state index contributed by atoms with van der Waals surface area (Å²) >= 11 is 0. The first kappa shape index (κ1) is 42.6. The predicted molar refractivity (Wildman–Crippen MR) is 187 cm³/mol. The number of hydrogen-bond acceptors (Lipinski definition) is 5. The Labute approximate surface area is 274 Å². The van der Waals surface area contributed by atoms with Crippen molar-refractivity contribution in [1.29, 1.82) is 0 Å². The molecule has 0 aromatic carbocycles. The molecule has 260 valence electrons. The molecule has 0 amide bonds. The van der Waals surface area contributed by atoms with E-state index in [0.717, 1.165) is 44.9 Å². The SMILES string of the molecule is CCCCCCCC/C=C\CCCCCCCCCC(=O)OCC(COCCCCCCCC)OC(=O)CCCCCCC. The van der Waals surface area contributed by atoms with Gasteiger partial charge in [0.25, 0.3) is 0 Å². The Kier molecular flexibility index (Phi) is 35.0. The molecule has 5 nitrogen and oxygen atoms in total. The Bertz CT molecular complexity index is 632. The van der Waals surface area contributed by atoms with Crippen molar-refractivity contribution in [1.82, 2.24) is 0 Å². The molecule has 0 aliphatic rings. The van der Waals surface area contributed by atoms with Crippen molar-refractivity contribution in [2.24, 2.45) is 0 Å². The monoisotopic (exact) mass is 623 g/mol. The Hall–Kier alpha value is -1.36. The van der Waals surface area contributed by atoms with E-state index in [9.17, 15) is 9.59 Å². The van der Waals surface area contributed by atoms with Gasteiger partial charge in [-0.15, -0.1) is 0 Å². The molecule has 0 fully saturated rings. The second-order valence-corrected chi connectivity index (χ2v) is 12.8. The third kappa shape index (κ3) is 33.5. The lowest BCUT2D eigenvalue weighted by Gasteiger charge is -2.18. The number of ether oxygens (including phenoxy) is 3. The minimum Gasteiger partial charge on any atom is -0.462 e. The molecular formula is C39H74O5. The van der Waals surface area contributed by atoms with Crippen LogP contribution in [-0.2, 0) is 23.8 Å². The largest absolute Gasteiger partial charge is 0.462 e. The number of unbranched alkanes of at least 4 members (excludes halogenated alkanes) is 22. The molecule has 0 heterocycles. The summed E-state index contributed by atoms with van der Waals surface area (Å²) in [6.07, 6.45) is 36.6. The summed E-state index contributed by atoms with van der Waals surface area (Å²) in [7, 11) is 0. The van der Waals surface area contributed by atoms with Gasteiger partial charge in [0.2, 0.25) is 0 Å². The van der Waals surface area contributed by atoms with E-state index >= 15 is 0 Å². The Morgan fingerprint density at radius 1 is 0.477 bits per heavy atom. The van der Waals surface area contributed by atoms with E-state index in [4.69, 9.17) is 14.2 Å². The van der Waals surface area contributed by atoms with Gasteiger partial charge >= 0.3 is 11.9 Å². The molecule has 0 saturated carbocycles. The van der Waals surface area contributed by atoms with Gasteiger partial charge in [-0.05, 0) is 44.9 Å². The van der Waals surface area contributed by atoms with Crippen molar-refractivity contribution in [2.45, 2.75) is 207 Å². The van der Waals surface area contributed by atoms with Crippen LogP contribution >= 0.6 is 0 Å². The van der Waals surface area contributed by atoms with Gasteiger partial charge in [0.05, 0.1) is 6.61 Å². The molecule has 0 bridgehead atoms. The molecule has 0 saturated heterocycles. The van der Waals surface area contributed by atoms with Crippen LogP contribution in [0, 0.1) is 0 Å². The molecule has 0 radical (unpaired) electrons. The van der Waals surface area contributed by atoms with Crippen molar-refractivity contribution < 1.29 is 23.8 Å². The molecule has 1 atom stereocenters. The number of esters is 2. The number of hydrogen-bond donors (Lipinski definition) is 0. The van der Waals surface area contributed by atoms with Crippen molar-refractivity contribution >= 4 is 11.9 Å². The zero-order valence-corrected chi connectivity index (χ0v) is 29.7. The highest BCUT2D eigenvalue weighted by atomic mass is 16.6. The second-order valence-electron chi connectivity index (χ2n) is 12.8. The summed E-state index contributed by atoms with van der Waals surface area (Å²) < 4.78 is 17.0. The molecule has 0 aromatic rings. The summed E-state index contributed by atoms with van der Waals surface area (Å²) in [6, 6.07) is 0. The lowest BCUT2D eigenvalue weighted by molar-refractivity contribution is -0.163. The van der Waals surface area contributed by atoms with E-state index in [2.05, 4.69) is 32.9 Å². The van der Waals surface area contributed by atoms with Crippen molar-refractivity contribution in [2.75, 3.05) is 19.8 Å². The predicted octanol–water partition coefficient (Wildman–Crippen LogP) is 12.0. The van der Waals surface area contributed by atoms with Crippen LogP contribution in [0.1, 0.15) is 201 Å². The van der Waals surface area contributed by atoms with Crippen LogP contribution in [0.4, 0.5) is 0 Å². The van der Waals surface area contributed by atoms with Gasteiger partial charge in [-0.2, -0.15) is 0 Å². The second kappa shape index (κ2) is 36.1. The highest BCUT2D eigenvalue weighted by molar-refractivity contribution is 5.70. The maximum absolute atomic E-state index is 12.4. The highest BCUT2D eigenvalue weighted by Gasteiger charge is 2.17. The maximum Gasteiger partial charge on any atom is 0.306 e. The van der Waals surface area contributed by atoms with Crippen molar-refractivity contribution in [3.8, 4) is 0 Å². The topological polar surface area (TPSA) is 61.8 Å². The zero-order chi connectivity index (χ0) is 32.2. The maximum atomic E-state index is 12.4. The van der Waals surface area contributed by atoms with Crippen LogP contribution in [0.2, 0.25) is 0 Å². The molecule has 0 aliphatic carbocycles. The smallest absolute Gasteiger partial charge is 0.306 e. The molecule has 1 unspecified atom stereocenters. The summed E-state index contributed by atoms with van der Waals surface area (Å²) in [4.78, 5) is 24.7. The minimum absolute atomic E-state index is 0.0876. The van der Waals surface area contributed by atoms with Crippen LogP contribution in [0.25, 0.3) is 0 Å². The summed E-state index contributed by atoms with van der Waals surface area (Å²) in [6.45, 7) is 7.71. The molecule has 44 heavy (non-hydrogen) atoms. The third-order valence-corrected chi connectivity index (χ3v) is 8.30. The van der Waals surface area contributed by atoms with E-state index < -0.39 is 6.10 Å². The van der Waals surface area contributed by atoms with Gasteiger partial charge in [0.1, 0.15) is 6.61 Å². The summed E-state index contributed by atoms with van der Waals surface area (Å²) in [5, 5.41) is 0. The first-order valence-corrected chi connectivity index (χ1v) is 19.2. The van der Waals surface area contributed by atoms with E-state index in [-0.39, 0.29) is 18.5 Å². The molecule has 0 aliphatic heterocycles. The van der Waals surface area contributed by atoms with E-state index in [1.807, 2.05) is 0 Å². The van der Waals surface area contributed by atoms with E-state index in [1.165, 1.54) is 122 Å². The van der Waals surface area contributed by atoms with Gasteiger partial charge in [-0.3, -0.25) is 9.59 Å². The number of carbonyl (C=O) groups excluding carboxylic acids is 2. The van der Waals surface area contributed by atoms with Crippen LogP contribution < -0.4 is 0 Å². The lowest BCUT2D eigenvalue weighted by atomic mass is 10.1. The fourth-order valence-corrected chi connectivity index (χ4v) is 5.38. The fourth-order valence-electron chi connectivity index (χ4n) is 5.38. The zero-order valence-electron chi connectivity index (χ0n) is 29.7. The third-order valence-electron chi connectivity index (χ3n) is 8.30. The van der Waals surface area contributed by atoms with Crippen molar-refractivity contribution in [3.63, 3.8) is 0 Å². The Morgan fingerprint density at radius 2 is 0.886 bits per heavy atom. The first-order valence-electron chi connectivity index (χ1n) is 19.2. The van der Waals surface area contributed by atoms with Gasteiger partial charge in [0.15, 0.2) is 6.10 Å². The Morgan fingerprint density at radius 3 is 1.39 bits per heavy atom. The van der Waals surface area contributed by atoms with Gasteiger partial charge in [0, 0.05) is 19.4 Å². The standard InChI is InChI=1S/C39H74O5/c1-4-7-10-13-15-16-17-18-19-20-21-22-23-24-25-27-29-32-38(40)43-36-37(35-42-34-31-28-14-11-8-5-2)44-39(41)33-30-26-12-9-6-3/h18-19,37H,4-17,20-36H2,1-3H3/b19-18-. The average Bonchev–Trinajstić information content (AvgIpc) is 3.02.